The maximum Gasteiger partial charge on any atom is 0.137 e. The van der Waals surface area contributed by atoms with Gasteiger partial charge in [0.2, 0.25) is 0 Å². The average molecular weight is 383 g/mol. The van der Waals surface area contributed by atoms with E-state index in [2.05, 4.69) is 94.5 Å². The van der Waals surface area contributed by atoms with E-state index in [-0.39, 0.29) is 0 Å². The van der Waals surface area contributed by atoms with Gasteiger partial charge in [-0.15, -0.1) is 0 Å². The van der Waals surface area contributed by atoms with Crippen LogP contribution in [0.15, 0.2) is 72.9 Å². The fourth-order valence-electron chi connectivity index (χ4n) is 4.07. The van der Waals surface area contributed by atoms with Crippen molar-refractivity contribution in [2.75, 3.05) is 26.2 Å². The van der Waals surface area contributed by atoms with Crippen LogP contribution in [0.1, 0.15) is 11.3 Å². The third-order valence-electron chi connectivity index (χ3n) is 5.73. The predicted octanol–water partition coefficient (Wildman–Crippen LogP) is 4.38. The molecule has 146 valence electrons. The molecule has 29 heavy (non-hydrogen) atoms. The Kier molecular flexibility index (Phi) is 4.88. The number of rotatable bonds is 4. The first-order valence-corrected chi connectivity index (χ1v) is 10.3. The monoisotopic (exact) mass is 382 g/mol. The lowest BCUT2D eigenvalue weighted by Gasteiger charge is -2.27. The van der Waals surface area contributed by atoms with Gasteiger partial charge in [-0.2, -0.15) is 0 Å². The second kappa shape index (κ2) is 7.82. The minimum Gasteiger partial charge on any atom is -0.314 e. The lowest BCUT2D eigenvalue weighted by atomic mass is 10.1. The molecular formula is C25H26N4. The fraction of sp³-hybridized carbons (Fsp3) is 0.240. The van der Waals surface area contributed by atoms with Gasteiger partial charge in [-0.3, -0.25) is 4.90 Å². The van der Waals surface area contributed by atoms with Gasteiger partial charge >= 0.3 is 0 Å². The number of piperazine rings is 1. The highest BCUT2D eigenvalue weighted by molar-refractivity contribution is 5.70. The Labute approximate surface area is 171 Å². The van der Waals surface area contributed by atoms with Crippen molar-refractivity contribution in [3.05, 3.63) is 84.2 Å². The van der Waals surface area contributed by atoms with E-state index in [4.69, 9.17) is 4.98 Å². The van der Waals surface area contributed by atoms with Crippen LogP contribution in [0.3, 0.4) is 0 Å². The molecule has 5 rings (SSSR count). The lowest BCUT2D eigenvalue weighted by Crippen LogP contribution is -2.43. The molecule has 1 aliphatic rings. The molecule has 0 radical (unpaired) electrons. The molecule has 3 heterocycles. The van der Waals surface area contributed by atoms with Crippen LogP contribution in [0.25, 0.3) is 28.0 Å². The van der Waals surface area contributed by atoms with E-state index in [9.17, 15) is 0 Å². The highest BCUT2D eigenvalue weighted by atomic mass is 15.2. The number of aromatic nitrogens is 2. The highest BCUT2D eigenvalue weighted by Gasteiger charge is 2.19. The molecular weight excluding hydrogens is 356 g/mol. The maximum absolute atomic E-state index is 5.03. The van der Waals surface area contributed by atoms with E-state index in [1.54, 1.807) is 0 Å². The van der Waals surface area contributed by atoms with E-state index in [1.165, 1.54) is 27.9 Å². The maximum atomic E-state index is 5.03. The zero-order valence-electron chi connectivity index (χ0n) is 16.8. The molecule has 4 aromatic rings. The van der Waals surface area contributed by atoms with Crippen molar-refractivity contribution in [1.82, 2.24) is 19.6 Å². The molecule has 2 aromatic heterocycles. The molecule has 1 saturated heterocycles. The Bertz CT molecular complexity index is 1110. The summed E-state index contributed by atoms with van der Waals surface area (Å²) in [5.74, 6) is 0. The quantitative estimate of drug-likeness (QED) is 0.568. The SMILES string of the molecule is Cc1ccc(-c2nc3ccc(-c4ccccc4)cn3c2CN2CCNCC2)cc1. The Morgan fingerprint density at radius 2 is 1.55 bits per heavy atom. The Morgan fingerprint density at radius 1 is 0.828 bits per heavy atom. The molecule has 0 saturated carbocycles. The summed E-state index contributed by atoms with van der Waals surface area (Å²) >= 11 is 0. The van der Waals surface area contributed by atoms with Crippen molar-refractivity contribution in [2.45, 2.75) is 13.5 Å². The summed E-state index contributed by atoms with van der Waals surface area (Å²) in [6.07, 6.45) is 2.24. The molecule has 0 spiro atoms. The van der Waals surface area contributed by atoms with E-state index in [1.807, 2.05) is 0 Å². The standard InChI is InChI=1S/C25H26N4/c1-19-7-9-21(10-8-19)25-23(18-28-15-13-26-14-16-28)29-17-22(11-12-24(29)27-25)20-5-3-2-4-6-20/h2-12,17,26H,13-16,18H2,1H3. The molecule has 0 bridgehead atoms. The number of aryl methyl sites for hydroxylation is 1. The van der Waals surface area contributed by atoms with Gasteiger partial charge < -0.3 is 9.72 Å². The van der Waals surface area contributed by atoms with Crippen LogP contribution in [-0.4, -0.2) is 40.5 Å². The van der Waals surface area contributed by atoms with E-state index in [0.29, 0.717) is 0 Å². The number of hydrogen-bond acceptors (Lipinski definition) is 3. The van der Waals surface area contributed by atoms with Crippen LogP contribution in [0.5, 0.6) is 0 Å². The summed E-state index contributed by atoms with van der Waals surface area (Å²) in [6.45, 7) is 7.27. The molecule has 1 aliphatic heterocycles. The molecule has 0 unspecified atom stereocenters. The summed E-state index contributed by atoms with van der Waals surface area (Å²) in [5.41, 5.74) is 8.27. The molecule has 0 amide bonds. The second-order valence-corrected chi connectivity index (χ2v) is 7.81. The minimum atomic E-state index is 0.907. The third kappa shape index (κ3) is 3.69. The van der Waals surface area contributed by atoms with E-state index < -0.39 is 0 Å². The normalized spacial score (nSPS) is 15.1. The van der Waals surface area contributed by atoms with Gasteiger partial charge in [0.05, 0.1) is 11.4 Å². The van der Waals surface area contributed by atoms with Crippen LogP contribution in [0.2, 0.25) is 0 Å². The van der Waals surface area contributed by atoms with Gasteiger partial charge in [0.25, 0.3) is 0 Å². The van der Waals surface area contributed by atoms with Gasteiger partial charge in [-0.25, -0.2) is 4.98 Å². The summed E-state index contributed by atoms with van der Waals surface area (Å²) < 4.78 is 2.29. The zero-order valence-corrected chi connectivity index (χ0v) is 16.8. The largest absolute Gasteiger partial charge is 0.314 e. The van der Waals surface area contributed by atoms with Crippen molar-refractivity contribution in [2.24, 2.45) is 0 Å². The van der Waals surface area contributed by atoms with Crippen LogP contribution in [0.4, 0.5) is 0 Å². The first-order valence-electron chi connectivity index (χ1n) is 10.3. The van der Waals surface area contributed by atoms with Crippen molar-refractivity contribution in [3.63, 3.8) is 0 Å². The summed E-state index contributed by atoms with van der Waals surface area (Å²) in [7, 11) is 0. The average Bonchev–Trinajstić information content (AvgIpc) is 3.13. The molecule has 1 N–H and O–H groups in total. The molecule has 0 atom stereocenters. The number of imidazole rings is 1. The van der Waals surface area contributed by atoms with E-state index in [0.717, 1.165) is 44.1 Å². The zero-order chi connectivity index (χ0) is 19.6. The predicted molar refractivity (Wildman–Crippen MR) is 119 cm³/mol. The van der Waals surface area contributed by atoms with Gasteiger partial charge in [-0.1, -0.05) is 60.2 Å². The molecule has 4 nitrogen and oxygen atoms in total. The number of pyridine rings is 1. The van der Waals surface area contributed by atoms with Crippen LogP contribution in [0, 0.1) is 6.92 Å². The summed E-state index contributed by atoms with van der Waals surface area (Å²) in [5, 5.41) is 3.45. The number of nitrogens with zero attached hydrogens (tertiary/aromatic N) is 3. The van der Waals surface area contributed by atoms with Crippen LogP contribution < -0.4 is 5.32 Å². The van der Waals surface area contributed by atoms with Crippen LogP contribution >= 0.6 is 0 Å². The minimum absolute atomic E-state index is 0.907. The van der Waals surface area contributed by atoms with Gasteiger partial charge in [0.1, 0.15) is 5.65 Å². The second-order valence-electron chi connectivity index (χ2n) is 7.81. The van der Waals surface area contributed by atoms with Gasteiger partial charge in [0, 0.05) is 44.5 Å². The van der Waals surface area contributed by atoms with Crippen molar-refractivity contribution < 1.29 is 0 Å². The molecule has 4 heteroatoms. The number of fused-ring (bicyclic) bond motifs is 1. The molecule has 1 fully saturated rings. The van der Waals surface area contributed by atoms with Gasteiger partial charge in [-0.05, 0) is 30.2 Å². The Balaban J connectivity index is 1.64. The van der Waals surface area contributed by atoms with Gasteiger partial charge in [0.15, 0.2) is 0 Å². The van der Waals surface area contributed by atoms with Crippen LogP contribution in [-0.2, 0) is 6.54 Å². The smallest absolute Gasteiger partial charge is 0.137 e. The van der Waals surface area contributed by atoms with Crippen molar-refractivity contribution in [3.8, 4) is 22.4 Å². The molecule has 2 aromatic carbocycles. The highest BCUT2D eigenvalue weighted by Crippen LogP contribution is 2.28. The van der Waals surface area contributed by atoms with Crippen molar-refractivity contribution >= 4 is 5.65 Å². The van der Waals surface area contributed by atoms with Crippen molar-refractivity contribution in [1.29, 1.82) is 0 Å². The summed E-state index contributed by atoms with van der Waals surface area (Å²) in [4.78, 5) is 7.55. The number of benzene rings is 2. The molecule has 0 aliphatic carbocycles. The summed E-state index contributed by atoms with van der Waals surface area (Å²) in [6, 6.07) is 23.6. The fourth-order valence-corrected chi connectivity index (χ4v) is 4.07. The lowest BCUT2D eigenvalue weighted by molar-refractivity contribution is 0.230. The van der Waals surface area contributed by atoms with E-state index >= 15 is 0 Å². The number of hydrogen-bond donors (Lipinski definition) is 1. The topological polar surface area (TPSA) is 32.6 Å². The Hall–Kier alpha value is -2.95. The Morgan fingerprint density at radius 3 is 2.31 bits per heavy atom. The third-order valence-corrected chi connectivity index (χ3v) is 5.73. The number of nitrogens with one attached hydrogen (secondary N) is 1. The first kappa shape index (κ1) is 18.1. The first-order chi connectivity index (χ1) is 14.3.